The molecule has 86 valence electrons. The van der Waals surface area contributed by atoms with E-state index >= 15 is 0 Å². The molecule has 0 unspecified atom stereocenters. The second-order valence-electron chi connectivity index (χ2n) is 3.52. The molecule has 0 spiro atoms. The van der Waals surface area contributed by atoms with E-state index in [2.05, 4.69) is 4.98 Å². The van der Waals surface area contributed by atoms with Crippen molar-refractivity contribution in [2.75, 3.05) is 0 Å². The quantitative estimate of drug-likeness (QED) is 0.604. The van der Waals surface area contributed by atoms with Crippen LogP contribution in [-0.2, 0) is 0 Å². The monoisotopic (exact) mass is 247 g/mol. The van der Waals surface area contributed by atoms with Crippen LogP contribution in [0.15, 0.2) is 42.7 Å². The summed E-state index contributed by atoms with van der Waals surface area (Å²) in [5.41, 5.74) is 1.05. The Morgan fingerprint density at radius 3 is 2.59 bits per heavy atom. The molecule has 17 heavy (non-hydrogen) atoms. The number of esters is 1. The van der Waals surface area contributed by atoms with Gasteiger partial charge < -0.3 is 4.74 Å². The van der Waals surface area contributed by atoms with Crippen molar-refractivity contribution in [3.63, 3.8) is 0 Å². The molecule has 0 atom stereocenters. The Bertz CT molecular complexity index is 520. The number of carbonyl (C=O) groups excluding carboxylic acids is 1. The number of halogens is 1. The Kier molecular flexibility index (Phi) is 3.40. The van der Waals surface area contributed by atoms with Crippen molar-refractivity contribution >= 4 is 17.6 Å². The van der Waals surface area contributed by atoms with Gasteiger partial charge in [0.25, 0.3) is 0 Å². The van der Waals surface area contributed by atoms with Crippen LogP contribution in [0.25, 0.3) is 0 Å². The van der Waals surface area contributed by atoms with E-state index in [0.29, 0.717) is 21.9 Å². The molecule has 2 aromatic rings. The molecular weight excluding hydrogens is 238 g/mol. The number of para-hydroxylation sites is 1. The molecule has 0 aliphatic carbocycles. The summed E-state index contributed by atoms with van der Waals surface area (Å²) in [6.45, 7) is 1.76. The van der Waals surface area contributed by atoms with Crippen LogP contribution in [0.5, 0.6) is 5.75 Å². The van der Waals surface area contributed by atoms with Gasteiger partial charge in [-0.05, 0) is 24.6 Å². The van der Waals surface area contributed by atoms with E-state index in [9.17, 15) is 4.79 Å². The zero-order chi connectivity index (χ0) is 12.3. The third kappa shape index (κ3) is 2.63. The first-order chi connectivity index (χ1) is 8.18. The Labute approximate surface area is 104 Å². The van der Waals surface area contributed by atoms with Gasteiger partial charge in [0, 0.05) is 12.4 Å². The number of rotatable bonds is 2. The lowest BCUT2D eigenvalue weighted by Gasteiger charge is -2.07. The summed E-state index contributed by atoms with van der Waals surface area (Å²) >= 11 is 5.93. The number of hydrogen-bond donors (Lipinski definition) is 0. The minimum atomic E-state index is -0.471. The van der Waals surface area contributed by atoms with Crippen molar-refractivity contribution in [2.24, 2.45) is 0 Å². The van der Waals surface area contributed by atoms with Gasteiger partial charge in [0.2, 0.25) is 0 Å². The van der Waals surface area contributed by atoms with Gasteiger partial charge in [-0.3, -0.25) is 4.98 Å². The smallest absolute Gasteiger partial charge is 0.345 e. The van der Waals surface area contributed by atoms with Crippen molar-refractivity contribution < 1.29 is 9.53 Å². The zero-order valence-corrected chi connectivity index (χ0v) is 9.94. The van der Waals surface area contributed by atoms with Crippen molar-refractivity contribution in [3.05, 3.63) is 58.9 Å². The summed E-state index contributed by atoms with van der Waals surface area (Å²) in [7, 11) is 0. The van der Waals surface area contributed by atoms with Crippen LogP contribution in [-0.4, -0.2) is 11.0 Å². The third-order valence-corrected chi connectivity index (χ3v) is 2.53. The first-order valence-electron chi connectivity index (χ1n) is 5.06. The van der Waals surface area contributed by atoms with E-state index in [0.717, 1.165) is 0 Å². The average Bonchev–Trinajstić information content (AvgIpc) is 2.30. The van der Waals surface area contributed by atoms with Crippen LogP contribution >= 0.6 is 11.6 Å². The molecule has 0 bridgehead atoms. The molecule has 2 rings (SSSR count). The van der Waals surface area contributed by atoms with Crippen LogP contribution in [0.4, 0.5) is 0 Å². The zero-order valence-electron chi connectivity index (χ0n) is 9.18. The molecule has 3 nitrogen and oxygen atoms in total. The van der Waals surface area contributed by atoms with Crippen LogP contribution in [0, 0.1) is 6.92 Å². The number of aryl methyl sites for hydroxylation is 1. The molecule has 0 N–H and O–H groups in total. The van der Waals surface area contributed by atoms with Gasteiger partial charge in [-0.25, -0.2) is 4.79 Å². The van der Waals surface area contributed by atoms with Crippen molar-refractivity contribution in [3.8, 4) is 5.75 Å². The number of ether oxygens (including phenoxy) is 1. The van der Waals surface area contributed by atoms with E-state index in [1.807, 2.05) is 6.07 Å². The van der Waals surface area contributed by atoms with Crippen LogP contribution in [0.2, 0.25) is 5.02 Å². The van der Waals surface area contributed by atoms with E-state index in [1.165, 1.54) is 6.20 Å². The highest BCUT2D eigenvalue weighted by Gasteiger charge is 2.15. The summed E-state index contributed by atoms with van der Waals surface area (Å²) < 4.78 is 5.21. The first kappa shape index (κ1) is 11.6. The minimum absolute atomic E-state index is 0.297. The van der Waals surface area contributed by atoms with Crippen LogP contribution < -0.4 is 4.74 Å². The summed E-state index contributed by atoms with van der Waals surface area (Å²) in [5, 5.41) is 0.297. The largest absolute Gasteiger partial charge is 0.423 e. The predicted molar refractivity (Wildman–Crippen MR) is 65.4 cm³/mol. The number of nitrogens with zero attached hydrogens (tertiary/aromatic N) is 1. The normalized spacial score (nSPS) is 10.0. The number of pyridine rings is 1. The van der Waals surface area contributed by atoms with Gasteiger partial charge in [-0.15, -0.1) is 0 Å². The standard InChI is InChI=1S/C13H10ClNO2/c1-9-7-15-8-11(14)12(9)13(16)17-10-5-3-2-4-6-10/h2-8H,1H3. The third-order valence-electron chi connectivity index (χ3n) is 2.25. The molecule has 1 aromatic heterocycles. The lowest BCUT2D eigenvalue weighted by atomic mass is 10.1. The SMILES string of the molecule is Cc1cncc(Cl)c1C(=O)Oc1ccccc1. The minimum Gasteiger partial charge on any atom is -0.423 e. The lowest BCUT2D eigenvalue weighted by molar-refractivity contribution is 0.0734. The van der Waals surface area contributed by atoms with Gasteiger partial charge in [-0.1, -0.05) is 29.8 Å². The maximum Gasteiger partial charge on any atom is 0.345 e. The predicted octanol–water partition coefficient (Wildman–Crippen LogP) is 3.26. The molecule has 0 aliphatic rings. The summed E-state index contributed by atoms with van der Waals surface area (Å²) in [6.07, 6.45) is 3.00. The van der Waals surface area contributed by atoms with E-state index in [1.54, 1.807) is 37.4 Å². The highest BCUT2D eigenvalue weighted by molar-refractivity contribution is 6.33. The van der Waals surface area contributed by atoms with Gasteiger partial charge in [0.05, 0.1) is 10.6 Å². The fraction of sp³-hybridized carbons (Fsp3) is 0.0769. The fourth-order valence-corrected chi connectivity index (χ4v) is 1.72. The molecular formula is C13H10ClNO2. The topological polar surface area (TPSA) is 39.2 Å². The maximum absolute atomic E-state index is 11.9. The summed E-state index contributed by atoms with van der Waals surface area (Å²) in [5.74, 6) is 0.0193. The molecule has 0 saturated heterocycles. The van der Waals surface area contributed by atoms with Gasteiger partial charge in [-0.2, -0.15) is 0 Å². The van der Waals surface area contributed by atoms with Gasteiger partial charge >= 0.3 is 5.97 Å². The average molecular weight is 248 g/mol. The van der Waals surface area contributed by atoms with Crippen molar-refractivity contribution in [1.29, 1.82) is 0 Å². The molecule has 4 heteroatoms. The van der Waals surface area contributed by atoms with Gasteiger partial charge in [0.15, 0.2) is 0 Å². The van der Waals surface area contributed by atoms with Crippen molar-refractivity contribution in [1.82, 2.24) is 4.98 Å². The Hall–Kier alpha value is -1.87. The van der Waals surface area contributed by atoms with E-state index in [4.69, 9.17) is 16.3 Å². The Morgan fingerprint density at radius 1 is 1.24 bits per heavy atom. The molecule has 0 amide bonds. The first-order valence-corrected chi connectivity index (χ1v) is 5.43. The number of aromatic nitrogens is 1. The number of hydrogen-bond acceptors (Lipinski definition) is 3. The molecule has 1 heterocycles. The van der Waals surface area contributed by atoms with E-state index in [-0.39, 0.29) is 0 Å². The summed E-state index contributed by atoms with van der Waals surface area (Å²) in [4.78, 5) is 15.8. The van der Waals surface area contributed by atoms with Crippen LogP contribution in [0.3, 0.4) is 0 Å². The molecule has 0 fully saturated rings. The second-order valence-corrected chi connectivity index (χ2v) is 3.92. The number of carbonyl (C=O) groups is 1. The second kappa shape index (κ2) is 4.97. The molecule has 1 aromatic carbocycles. The Balaban J connectivity index is 2.27. The number of benzene rings is 1. The lowest BCUT2D eigenvalue weighted by Crippen LogP contribution is -2.11. The summed E-state index contributed by atoms with van der Waals surface area (Å²) in [6, 6.07) is 8.86. The van der Waals surface area contributed by atoms with E-state index < -0.39 is 5.97 Å². The van der Waals surface area contributed by atoms with Crippen molar-refractivity contribution in [2.45, 2.75) is 6.92 Å². The fourth-order valence-electron chi connectivity index (χ4n) is 1.44. The van der Waals surface area contributed by atoms with Crippen LogP contribution in [0.1, 0.15) is 15.9 Å². The highest BCUT2D eigenvalue weighted by Crippen LogP contribution is 2.20. The molecule has 0 aliphatic heterocycles. The van der Waals surface area contributed by atoms with Gasteiger partial charge in [0.1, 0.15) is 5.75 Å². The highest BCUT2D eigenvalue weighted by atomic mass is 35.5. The molecule has 0 saturated carbocycles. The molecule has 0 radical (unpaired) electrons. The Morgan fingerprint density at radius 2 is 1.94 bits per heavy atom. The maximum atomic E-state index is 11.9.